The number of nitrogens with one attached hydrogen (secondary N) is 1. The average molecular weight is 338 g/mol. The highest BCUT2D eigenvalue weighted by molar-refractivity contribution is 5.77. The number of carbonyl (C=O) groups excluding carboxylic acids is 1. The maximum atomic E-state index is 11.2. The van der Waals surface area contributed by atoms with Gasteiger partial charge in [-0.3, -0.25) is 4.79 Å². The summed E-state index contributed by atoms with van der Waals surface area (Å²) in [5.41, 5.74) is 3.30. The second-order valence-electron chi connectivity index (χ2n) is 5.78. The van der Waals surface area contributed by atoms with Crippen molar-refractivity contribution < 1.29 is 14.3 Å². The molecule has 0 aromatic heterocycles. The first-order chi connectivity index (χ1) is 12.1. The van der Waals surface area contributed by atoms with E-state index in [1.54, 1.807) is 0 Å². The molecular weight excluding hydrogens is 316 g/mol. The van der Waals surface area contributed by atoms with Crippen molar-refractivity contribution in [3.05, 3.63) is 59.2 Å². The lowest BCUT2D eigenvalue weighted by Crippen LogP contribution is -2.21. The van der Waals surface area contributed by atoms with Crippen molar-refractivity contribution in [2.75, 3.05) is 13.2 Å². The first kappa shape index (κ1) is 18.3. The molecule has 0 aliphatic carbocycles. The highest BCUT2D eigenvalue weighted by Crippen LogP contribution is 2.16. The molecule has 25 heavy (non-hydrogen) atoms. The Morgan fingerprint density at radius 3 is 2.20 bits per heavy atom. The van der Waals surface area contributed by atoms with E-state index in [1.165, 1.54) is 11.1 Å². The minimum absolute atomic E-state index is 0.123. The number of rotatable bonds is 8. The van der Waals surface area contributed by atoms with Gasteiger partial charge in [0.1, 0.15) is 31.1 Å². The summed E-state index contributed by atoms with van der Waals surface area (Å²) in [6.45, 7) is 5.40. The Morgan fingerprint density at radius 2 is 1.60 bits per heavy atom. The molecule has 0 unspecified atom stereocenters. The minimum atomic E-state index is -0.272. The number of hydrogen-bond acceptors (Lipinski definition) is 4. The Hall–Kier alpha value is -3.00. The predicted octanol–water partition coefficient (Wildman–Crippen LogP) is 3.29. The van der Waals surface area contributed by atoms with E-state index in [4.69, 9.17) is 14.7 Å². The molecule has 0 bridgehead atoms. The van der Waals surface area contributed by atoms with E-state index in [9.17, 15) is 4.79 Å². The minimum Gasteiger partial charge on any atom is -0.490 e. The Bertz CT molecular complexity index is 728. The Kier molecular flexibility index (Phi) is 6.85. The summed E-state index contributed by atoms with van der Waals surface area (Å²) in [5.74, 6) is 1.33. The third-order valence-electron chi connectivity index (χ3n) is 3.47. The molecule has 1 N–H and O–H groups in total. The summed E-state index contributed by atoms with van der Waals surface area (Å²) in [7, 11) is 0. The zero-order valence-electron chi connectivity index (χ0n) is 14.5. The van der Waals surface area contributed by atoms with E-state index < -0.39 is 0 Å². The van der Waals surface area contributed by atoms with Crippen LogP contribution in [0.2, 0.25) is 0 Å². The second-order valence-corrected chi connectivity index (χ2v) is 5.78. The largest absolute Gasteiger partial charge is 0.490 e. The third kappa shape index (κ3) is 6.56. The fraction of sp³-hybridized carbons (Fsp3) is 0.300. The summed E-state index contributed by atoms with van der Waals surface area (Å²) < 4.78 is 11.4. The summed E-state index contributed by atoms with van der Waals surface area (Å²) in [6.07, 6.45) is -0.123. The molecule has 5 heteroatoms. The van der Waals surface area contributed by atoms with Crippen LogP contribution in [0.5, 0.6) is 11.5 Å². The van der Waals surface area contributed by atoms with Crippen LogP contribution in [-0.4, -0.2) is 19.1 Å². The molecule has 0 heterocycles. The van der Waals surface area contributed by atoms with Gasteiger partial charge in [0.25, 0.3) is 0 Å². The van der Waals surface area contributed by atoms with Crippen molar-refractivity contribution in [2.24, 2.45) is 0 Å². The zero-order valence-corrected chi connectivity index (χ0v) is 14.5. The number of benzene rings is 2. The van der Waals surface area contributed by atoms with Crippen LogP contribution in [0.1, 0.15) is 23.1 Å². The van der Waals surface area contributed by atoms with Gasteiger partial charge in [0.15, 0.2) is 0 Å². The smallest absolute Gasteiger partial charge is 0.234 e. The number of aryl methyl sites for hydroxylation is 2. The summed E-state index contributed by atoms with van der Waals surface area (Å²) in [6, 6.07) is 15.4. The third-order valence-corrected chi connectivity index (χ3v) is 3.47. The molecule has 0 radical (unpaired) electrons. The molecule has 5 nitrogen and oxygen atoms in total. The van der Waals surface area contributed by atoms with E-state index in [2.05, 4.69) is 11.4 Å². The topological polar surface area (TPSA) is 71.3 Å². The quantitative estimate of drug-likeness (QED) is 0.750. The van der Waals surface area contributed by atoms with Crippen molar-refractivity contribution in [1.82, 2.24) is 5.32 Å². The molecule has 0 saturated heterocycles. The highest BCUT2D eigenvalue weighted by Gasteiger charge is 2.01. The van der Waals surface area contributed by atoms with E-state index in [-0.39, 0.29) is 12.3 Å². The van der Waals surface area contributed by atoms with Crippen LogP contribution in [0.25, 0.3) is 0 Å². The molecule has 0 aliphatic rings. The van der Waals surface area contributed by atoms with Crippen LogP contribution in [0.3, 0.4) is 0 Å². The molecule has 2 aromatic carbocycles. The fourth-order valence-electron chi connectivity index (χ4n) is 2.37. The van der Waals surface area contributed by atoms with Gasteiger partial charge in [-0.25, -0.2) is 0 Å². The van der Waals surface area contributed by atoms with Gasteiger partial charge in [-0.2, -0.15) is 5.26 Å². The Morgan fingerprint density at radius 1 is 1.00 bits per heavy atom. The average Bonchev–Trinajstić information content (AvgIpc) is 2.57. The molecular formula is C20H22N2O3. The molecule has 0 spiro atoms. The molecule has 2 aromatic rings. The Labute approximate surface area is 148 Å². The summed E-state index contributed by atoms with van der Waals surface area (Å²) in [5, 5.41) is 11.1. The van der Waals surface area contributed by atoms with Crippen molar-refractivity contribution in [3.63, 3.8) is 0 Å². The van der Waals surface area contributed by atoms with Gasteiger partial charge in [0.05, 0.1) is 6.07 Å². The second kappa shape index (κ2) is 9.33. The normalized spacial score (nSPS) is 9.96. The van der Waals surface area contributed by atoms with Gasteiger partial charge in [-0.05, 0) is 54.8 Å². The zero-order chi connectivity index (χ0) is 18.1. The molecule has 0 fully saturated rings. The highest BCUT2D eigenvalue weighted by atomic mass is 16.5. The van der Waals surface area contributed by atoms with Crippen LogP contribution in [-0.2, 0) is 11.3 Å². The summed E-state index contributed by atoms with van der Waals surface area (Å²) in [4.78, 5) is 11.2. The van der Waals surface area contributed by atoms with E-state index in [0.717, 1.165) is 17.1 Å². The van der Waals surface area contributed by atoms with Gasteiger partial charge < -0.3 is 14.8 Å². The maximum Gasteiger partial charge on any atom is 0.234 e. The van der Waals surface area contributed by atoms with Crippen molar-refractivity contribution in [1.29, 1.82) is 5.26 Å². The monoisotopic (exact) mass is 338 g/mol. The van der Waals surface area contributed by atoms with Gasteiger partial charge in [0.2, 0.25) is 5.91 Å². The lowest BCUT2D eigenvalue weighted by molar-refractivity contribution is -0.120. The number of carbonyl (C=O) groups is 1. The van der Waals surface area contributed by atoms with Gasteiger partial charge in [0, 0.05) is 6.54 Å². The van der Waals surface area contributed by atoms with Crippen LogP contribution in [0, 0.1) is 25.2 Å². The van der Waals surface area contributed by atoms with Crippen LogP contribution < -0.4 is 14.8 Å². The van der Waals surface area contributed by atoms with Gasteiger partial charge in [-0.1, -0.05) is 18.2 Å². The number of ether oxygens (including phenoxy) is 2. The first-order valence-corrected chi connectivity index (χ1v) is 8.13. The molecule has 2 rings (SSSR count). The number of hydrogen-bond donors (Lipinski definition) is 1. The number of amides is 1. The lowest BCUT2D eigenvalue weighted by Gasteiger charge is -2.10. The predicted molar refractivity (Wildman–Crippen MR) is 95.4 cm³/mol. The molecule has 0 atom stereocenters. The van der Waals surface area contributed by atoms with E-state index >= 15 is 0 Å². The number of nitrogens with zero attached hydrogens (tertiary/aromatic N) is 1. The van der Waals surface area contributed by atoms with Crippen molar-refractivity contribution in [2.45, 2.75) is 26.8 Å². The standard InChI is InChI=1S/C20H22N2O3/c1-15-11-16(2)13-19(12-15)25-10-9-24-18-5-3-17(4-6-18)14-22-20(23)7-8-21/h3-6,11-13H,7,9-10,14H2,1-2H3,(H,22,23). The van der Waals surface area contributed by atoms with Gasteiger partial charge in [-0.15, -0.1) is 0 Å². The molecule has 1 amide bonds. The molecule has 130 valence electrons. The van der Waals surface area contributed by atoms with Gasteiger partial charge >= 0.3 is 0 Å². The van der Waals surface area contributed by atoms with Crippen molar-refractivity contribution >= 4 is 5.91 Å². The fourth-order valence-corrected chi connectivity index (χ4v) is 2.37. The van der Waals surface area contributed by atoms with Crippen LogP contribution >= 0.6 is 0 Å². The first-order valence-electron chi connectivity index (χ1n) is 8.13. The lowest BCUT2D eigenvalue weighted by atomic mass is 10.1. The maximum absolute atomic E-state index is 11.2. The van der Waals surface area contributed by atoms with Crippen LogP contribution in [0.15, 0.2) is 42.5 Å². The van der Waals surface area contributed by atoms with E-state index in [1.807, 2.05) is 56.3 Å². The summed E-state index contributed by atoms with van der Waals surface area (Å²) >= 11 is 0. The van der Waals surface area contributed by atoms with Crippen LogP contribution in [0.4, 0.5) is 0 Å². The molecule has 0 aliphatic heterocycles. The number of nitriles is 1. The SMILES string of the molecule is Cc1cc(C)cc(OCCOc2ccc(CNC(=O)CC#N)cc2)c1. The van der Waals surface area contributed by atoms with E-state index in [0.29, 0.717) is 19.8 Å². The molecule has 0 saturated carbocycles. The Balaban J connectivity index is 1.72. The van der Waals surface area contributed by atoms with Crippen molar-refractivity contribution in [3.8, 4) is 17.6 Å².